The van der Waals surface area contributed by atoms with E-state index >= 15 is 0 Å². The lowest BCUT2D eigenvalue weighted by Crippen LogP contribution is -2.39. The van der Waals surface area contributed by atoms with Gasteiger partial charge in [0.2, 0.25) is 5.91 Å². The molecule has 0 fully saturated rings. The standard InChI is InChI=1S/C19H21N3OS/c1-12-8-4-5-9-15(12)13(2)20-14(3)18(23)22-19-21-16-10-6-7-11-17(16)24-19/h4-11,13-14,20H,1-3H3,(H,21,22,23). The first-order chi connectivity index (χ1) is 11.5. The second-order valence-corrected chi connectivity index (χ2v) is 6.97. The summed E-state index contributed by atoms with van der Waals surface area (Å²) in [5.74, 6) is -0.0745. The molecule has 1 amide bonds. The fraction of sp³-hybridized carbons (Fsp3) is 0.263. The van der Waals surface area contributed by atoms with E-state index in [0.717, 1.165) is 10.2 Å². The smallest absolute Gasteiger partial charge is 0.243 e. The lowest BCUT2D eigenvalue weighted by atomic mass is 10.0. The number of hydrogen-bond donors (Lipinski definition) is 2. The molecule has 0 saturated heterocycles. The highest BCUT2D eigenvalue weighted by Gasteiger charge is 2.18. The van der Waals surface area contributed by atoms with Gasteiger partial charge in [0.15, 0.2) is 5.13 Å². The highest BCUT2D eigenvalue weighted by Crippen LogP contribution is 2.25. The number of hydrogen-bond acceptors (Lipinski definition) is 4. The summed E-state index contributed by atoms with van der Waals surface area (Å²) in [6.07, 6.45) is 0. The first-order valence-corrected chi connectivity index (χ1v) is 8.84. The molecule has 0 spiro atoms. The minimum absolute atomic E-state index is 0.0745. The zero-order valence-electron chi connectivity index (χ0n) is 14.0. The van der Waals surface area contributed by atoms with E-state index in [4.69, 9.17) is 0 Å². The second kappa shape index (κ2) is 7.11. The quantitative estimate of drug-likeness (QED) is 0.729. The molecular formula is C19H21N3OS. The van der Waals surface area contributed by atoms with Crippen molar-refractivity contribution in [3.05, 3.63) is 59.7 Å². The number of thiazole rings is 1. The highest BCUT2D eigenvalue weighted by molar-refractivity contribution is 7.22. The van der Waals surface area contributed by atoms with Gasteiger partial charge >= 0.3 is 0 Å². The normalized spacial score (nSPS) is 13.6. The van der Waals surface area contributed by atoms with Crippen LogP contribution in [0.2, 0.25) is 0 Å². The maximum Gasteiger partial charge on any atom is 0.243 e. The Hall–Kier alpha value is -2.24. The number of anilines is 1. The van der Waals surface area contributed by atoms with Crippen LogP contribution >= 0.6 is 11.3 Å². The molecule has 4 nitrogen and oxygen atoms in total. The van der Waals surface area contributed by atoms with Crippen molar-refractivity contribution in [2.75, 3.05) is 5.32 Å². The summed E-state index contributed by atoms with van der Waals surface area (Å²) in [5, 5.41) is 6.90. The molecule has 0 aliphatic heterocycles. The zero-order chi connectivity index (χ0) is 17.1. The Balaban J connectivity index is 1.65. The average molecular weight is 339 g/mol. The lowest BCUT2D eigenvalue weighted by Gasteiger charge is -2.21. The number of aromatic nitrogens is 1. The van der Waals surface area contributed by atoms with Crippen LogP contribution in [0.15, 0.2) is 48.5 Å². The number of nitrogens with zero attached hydrogens (tertiary/aromatic N) is 1. The summed E-state index contributed by atoms with van der Waals surface area (Å²) in [6.45, 7) is 6.03. The van der Waals surface area contributed by atoms with Gasteiger partial charge in [0.1, 0.15) is 0 Å². The van der Waals surface area contributed by atoms with Gasteiger partial charge in [-0.15, -0.1) is 0 Å². The van der Waals surface area contributed by atoms with Crippen molar-refractivity contribution in [2.24, 2.45) is 0 Å². The minimum atomic E-state index is -0.313. The van der Waals surface area contributed by atoms with Crippen LogP contribution in [0.3, 0.4) is 0 Å². The van der Waals surface area contributed by atoms with E-state index in [-0.39, 0.29) is 18.0 Å². The first kappa shape index (κ1) is 16.6. The third kappa shape index (κ3) is 3.63. The molecule has 2 unspecified atom stereocenters. The van der Waals surface area contributed by atoms with Gasteiger partial charge in [0, 0.05) is 6.04 Å². The minimum Gasteiger partial charge on any atom is -0.301 e. The predicted molar refractivity (Wildman–Crippen MR) is 100 cm³/mol. The summed E-state index contributed by atoms with van der Waals surface area (Å²) >= 11 is 1.49. The fourth-order valence-corrected chi connectivity index (χ4v) is 3.62. The number of carbonyl (C=O) groups excluding carboxylic acids is 1. The summed E-state index contributed by atoms with van der Waals surface area (Å²) < 4.78 is 1.07. The Labute approximate surface area is 145 Å². The van der Waals surface area contributed by atoms with E-state index in [1.807, 2.05) is 43.3 Å². The van der Waals surface area contributed by atoms with E-state index < -0.39 is 0 Å². The van der Waals surface area contributed by atoms with Gasteiger partial charge in [-0.1, -0.05) is 47.7 Å². The summed E-state index contributed by atoms with van der Waals surface area (Å²) in [5.41, 5.74) is 3.33. The van der Waals surface area contributed by atoms with E-state index in [1.54, 1.807) is 0 Å². The number of rotatable bonds is 5. The summed E-state index contributed by atoms with van der Waals surface area (Å²) in [4.78, 5) is 16.9. The largest absolute Gasteiger partial charge is 0.301 e. The van der Waals surface area contributed by atoms with E-state index in [9.17, 15) is 4.79 Å². The van der Waals surface area contributed by atoms with Crippen molar-refractivity contribution in [3.63, 3.8) is 0 Å². The average Bonchev–Trinajstić information content (AvgIpc) is 2.97. The van der Waals surface area contributed by atoms with Crippen LogP contribution in [0.25, 0.3) is 10.2 Å². The van der Waals surface area contributed by atoms with Gasteiger partial charge < -0.3 is 5.32 Å². The summed E-state index contributed by atoms with van der Waals surface area (Å²) in [6, 6.07) is 15.9. The van der Waals surface area contributed by atoms with Crippen molar-refractivity contribution >= 4 is 32.6 Å². The molecule has 0 aliphatic carbocycles. The van der Waals surface area contributed by atoms with E-state index in [0.29, 0.717) is 5.13 Å². The van der Waals surface area contributed by atoms with Gasteiger partial charge in [-0.05, 0) is 44.0 Å². The van der Waals surface area contributed by atoms with Crippen LogP contribution in [0.4, 0.5) is 5.13 Å². The lowest BCUT2D eigenvalue weighted by molar-refractivity contribution is -0.117. The molecular weight excluding hydrogens is 318 g/mol. The van der Waals surface area contributed by atoms with Crippen LogP contribution in [-0.2, 0) is 4.79 Å². The van der Waals surface area contributed by atoms with Crippen LogP contribution < -0.4 is 10.6 Å². The number of fused-ring (bicyclic) bond motifs is 1. The van der Waals surface area contributed by atoms with Gasteiger partial charge in [-0.25, -0.2) is 4.98 Å². The molecule has 24 heavy (non-hydrogen) atoms. The molecule has 0 bridgehead atoms. The van der Waals surface area contributed by atoms with Gasteiger partial charge in [0.25, 0.3) is 0 Å². The zero-order valence-corrected chi connectivity index (χ0v) is 14.9. The van der Waals surface area contributed by atoms with Gasteiger partial charge in [0.05, 0.1) is 16.3 Å². The summed E-state index contributed by atoms with van der Waals surface area (Å²) in [7, 11) is 0. The molecule has 124 valence electrons. The van der Waals surface area contributed by atoms with E-state index in [1.165, 1.54) is 22.5 Å². The van der Waals surface area contributed by atoms with Crippen LogP contribution in [0.1, 0.15) is 31.0 Å². The molecule has 0 aliphatic rings. The number of para-hydroxylation sites is 1. The first-order valence-electron chi connectivity index (χ1n) is 8.02. The van der Waals surface area contributed by atoms with Gasteiger partial charge in [-0.3, -0.25) is 10.1 Å². The molecule has 3 rings (SSSR count). The van der Waals surface area contributed by atoms with Crippen LogP contribution in [-0.4, -0.2) is 16.9 Å². The Kier molecular flexibility index (Phi) is 4.92. The fourth-order valence-electron chi connectivity index (χ4n) is 2.75. The molecule has 0 radical (unpaired) electrons. The van der Waals surface area contributed by atoms with Crippen molar-refractivity contribution < 1.29 is 4.79 Å². The van der Waals surface area contributed by atoms with E-state index in [2.05, 4.69) is 41.6 Å². The van der Waals surface area contributed by atoms with Crippen molar-refractivity contribution in [1.29, 1.82) is 0 Å². The number of benzene rings is 2. The second-order valence-electron chi connectivity index (χ2n) is 5.94. The Morgan fingerprint density at radius 2 is 1.79 bits per heavy atom. The number of amides is 1. The van der Waals surface area contributed by atoms with Crippen molar-refractivity contribution in [1.82, 2.24) is 10.3 Å². The van der Waals surface area contributed by atoms with Crippen molar-refractivity contribution in [3.8, 4) is 0 Å². The molecule has 3 aromatic rings. The molecule has 2 atom stereocenters. The monoisotopic (exact) mass is 339 g/mol. The third-order valence-corrected chi connectivity index (χ3v) is 5.02. The van der Waals surface area contributed by atoms with Crippen molar-refractivity contribution in [2.45, 2.75) is 32.9 Å². The number of aryl methyl sites for hydroxylation is 1. The molecule has 1 aromatic heterocycles. The molecule has 5 heteroatoms. The Morgan fingerprint density at radius 3 is 2.54 bits per heavy atom. The predicted octanol–water partition coefficient (Wildman–Crippen LogP) is 4.28. The molecule has 0 saturated carbocycles. The maximum absolute atomic E-state index is 12.4. The van der Waals surface area contributed by atoms with Crippen LogP contribution in [0, 0.1) is 6.92 Å². The Morgan fingerprint density at radius 1 is 1.08 bits per heavy atom. The maximum atomic E-state index is 12.4. The Bertz CT molecular complexity index is 825. The van der Waals surface area contributed by atoms with Crippen LogP contribution in [0.5, 0.6) is 0 Å². The molecule has 2 aromatic carbocycles. The number of carbonyl (C=O) groups is 1. The third-order valence-electron chi connectivity index (χ3n) is 4.07. The van der Waals surface area contributed by atoms with Gasteiger partial charge in [-0.2, -0.15) is 0 Å². The SMILES string of the molecule is Cc1ccccc1C(C)NC(C)C(=O)Nc1nc2ccccc2s1. The highest BCUT2D eigenvalue weighted by atomic mass is 32.1. The topological polar surface area (TPSA) is 54.0 Å². The number of nitrogens with one attached hydrogen (secondary N) is 2. The molecule has 1 heterocycles. The molecule has 2 N–H and O–H groups in total.